The third-order valence-electron chi connectivity index (χ3n) is 14.4. The molecule has 66 heavy (non-hydrogen) atoms. The molecular weight excluding hydrogens is 853 g/mol. The monoisotopic (exact) mass is 926 g/mol. The van der Waals surface area contributed by atoms with Crippen LogP contribution in [0.15, 0.2) is 61.5 Å². The lowest BCUT2D eigenvalue weighted by atomic mass is 9.77. The van der Waals surface area contributed by atoms with Crippen LogP contribution in [0.25, 0.3) is 22.3 Å². The van der Waals surface area contributed by atoms with Crippen LogP contribution in [-0.2, 0) is 0 Å². The van der Waals surface area contributed by atoms with Gasteiger partial charge < -0.3 is 45.6 Å². The Kier molecular flexibility index (Phi) is 17.3. The molecule has 1 atom stereocenters. The maximum atomic E-state index is 14.7. The predicted molar refractivity (Wildman–Crippen MR) is 269 cm³/mol. The Hall–Kier alpha value is -4.41. The summed E-state index contributed by atoms with van der Waals surface area (Å²) in [4.78, 5) is 18.1. The number of allylic oxidation sites excluding steroid dienone is 2. The zero-order valence-electron chi connectivity index (χ0n) is 39.8. The van der Waals surface area contributed by atoms with E-state index in [2.05, 4.69) is 77.4 Å². The van der Waals surface area contributed by atoms with Gasteiger partial charge in [0, 0.05) is 78.2 Å². The highest BCUT2D eigenvalue weighted by Crippen LogP contribution is 2.39. The second-order valence-corrected chi connectivity index (χ2v) is 20.0. The molecule has 0 radical (unpaired) electrons. The van der Waals surface area contributed by atoms with Gasteiger partial charge in [-0.15, -0.1) is 6.58 Å². The molecule has 12 nitrogen and oxygen atoms in total. The molecule has 0 bridgehead atoms. The summed E-state index contributed by atoms with van der Waals surface area (Å²) in [5.41, 5.74) is 6.31. The first-order valence-corrected chi connectivity index (χ1v) is 25.1. The number of halogens is 2. The Morgan fingerprint density at radius 2 is 1.73 bits per heavy atom. The van der Waals surface area contributed by atoms with Crippen molar-refractivity contribution in [1.29, 1.82) is 5.41 Å². The second kappa shape index (κ2) is 23.1. The van der Waals surface area contributed by atoms with Crippen LogP contribution in [-0.4, -0.2) is 117 Å². The summed E-state index contributed by atoms with van der Waals surface area (Å²) in [5, 5.41) is 22.5. The van der Waals surface area contributed by atoms with Gasteiger partial charge in [-0.25, -0.2) is 23.7 Å². The molecule has 1 aliphatic carbocycles. The van der Waals surface area contributed by atoms with E-state index in [-0.39, 0.29) is 29.2 Å². The Morgan fingerprint density at radius 1 is 1.00 bits per heavy atom. The van der Waals surface area contributed by atoms with Gasteiger partial charge >= 0.3 is 0 Å². The average molecular weight is 926 g/mol. The number of anilines is 2. The molecule has 2 aromatic carbocycles. The van der Waals surface area contributed by atoms with Crippen molar-refractivity contribution < 1.29 is 13.3 Å². The van der Waals surface area contributed by atoms with E-state index >= 15 is 0 Å². The minimum absolute atomic E-state index is 0.0307. The van der Waals surface area contributed by atoms with Crippen LogP contribution < -0.4 is 21.3 Å². The van der Waals surface area contributed by atoms with E-state index in [1.807, 2.05) is 45.5 Å². The first-order valence-electron chi connectivity index (χ1n) is 24.2. The molecule has 1 saturated carbocycles. The van der Waals surface area contributed by atoms with Gasteiger partial charge in [-0.05, 0) is 172 Å². The van der Waals surface area contributed by atoms with Gasteiger partial charge in [0.2, 0.25) is 5.95 Å². The number of nitrogens with one attached hydrogen (secondary N) is 5. The molecule has 4 aromatic rings. The highest BCUT2D eigenvalue weighted by Gasteiger charge is 2.37. The molecule has 3 saturated heterocycles. The summed E-state index contributed by atoms with van der Waals surface area (Å²) in [6, 6.07) is 10.9. The fourth-order valence-electron chi connectivity index (χ4n) is 10.6. The molecule has 3 aliphatic heterocycles. The molecule has 1 unspecified atom stereocenters. The molecule has 5 heterocycles. The predicted octanol–water partition coefficient (Wildman–Crippen LogP) is 9.86. The van der Waals surface area contributed by atoms with Crippen molar-refractivity contribution in [2.75, 3.05) is 70.5 Å². The average Bonchev–Trinajstić information content (AvgIpc) is 3.67. The molecule has 6 N–H and O–H groups in total. The maximum Gasteiger partial charge on any atom is 0.223 e. The van der Waals surface area contributed by atoms with Crippen molar-refractivity contribution in [2.24, 2.45) is 11.8 Å². The number of rotatable bonds is 17. The normalized spacial score (nSPS) is 20.6. The lowest BCUT2D eigenvalue weighted by Gasteiger charge is -2.47. The van der Waals surface area contributed by atoms with Crippen molar-refractivity contribution in [3.63, 3.8) is 0 Å². The fourth-order valence-corrected chi connectivity index (χ4v) is 11.0. The van der Waals surface area contributed by atoms with E-state index in [1.165, 1.54) is 56.9 Å². The molecule has 4 aliphatic rings. The van der Waals surface area contributed by atoms with Crippen LogP contribution in [0.2, 0.25) is 0 Å². The van der Waals surface area contributed by atoms with Crippen LogP contribution in [0, 0.1) is 35.8 Å². The van der Waals surface area contributed by atoms with Crippen LogP contribution in [0.5, 0.6) is 0 Å². The van der Waals surface area contributed by atoms with Crippen molar-refractivity contribution in [1.82, 2.24) is 40.0 Å². The van der Waals surface area contributed by atoms with E-state index < -0.39 is 11.6 Å². The van der Waals surface area contributed by atoms with Crippen LogP contribution in [0.1, 0.15) is 107 Å². The number of nitrogens with zero attached hydrogens (tertiary/aromatic N) is 6. The Bertz CT molecular complexity index is 2270. The second-order valence-electron chi connectivity index (χ2n) is 19.1. The van der Waals surface area contributed by atoms with Crippen molar-refractivity contribution in [3.05, 3.63) is 90.0 Å². The Labute approximate surface area is 395 Å². The molecule has 0 spiro atoms. The summed E-state index contributed by atoms with van der Waals surface area (Å²) < 4.78 is 40.5. The van der Waals surface area contributed by atoms with Gasteiger partial charge in [-0.2, -0.15) is 0 Å². The lowest BCUT2D eigenvalue weighted by molar-refractivity contribution is 0.0370. The number of likely N-dealkylation sites (tertiary alicyclic amines) is 2. The number of fused-ring (bicyclic) bond motifs is 1. The summed E-state index contributed by atoms with van der Waals surface area (Å²) in [5.74, 6) is 1.42. The van der Waals surface area contributed by atoms with E-state index in [1.54, 1.807) is 6.07 Å². The van der Waals surface area contributed by atoms with Crippen LogP contribution >= 0.6 is 12.0 Å². The SMILES string of the molecule is C=CCCC(C(=C)NC)C(=N)c1ccc(C2CCN(C3CC(CN4CCC(SO)CC4)C3)CC2)cc1NC.Cc1nc2c(F)cc(-c3nc(NC4CCNCC4)ncc3F)cc2n1C(C)C. The van der Waals surface area contributed by atoms with E-state index in [9.17, 15) is 13.3 Å². The topological polar surface area (TPSA) is 142 Å². The number of aromatic nitrogens is 4. The summed E-state index contributed by atoms with van der Waals surface area (Å²) >= 11 is 1.06. The maximum absolute atomic E-state index is 14.7. The largest absolute Gasteiger partial charge is 0.391 e. The van der Waals surface area contributed by atoms with Gasteiger partial charge in [0.15, 0.2) is 11.6 Å². The molecule has 0 amide bonds. The van der Waals surface area contributed by atoms with Gasteiger partial charge in [0.25, 0.3) is 0 Å². The number of hydrogen-bond donors (Lipinski definition) is 6. The number of aryl methyl sites for hydroxylation is 1. The molecule has 4 fully saturated rings. The van der Waals surface area contributed by atoms with Gasteiger partial charge in [-0.3, -0.25) is 0 Å². The van der Waals surface area contributed by atoms with Crippen molar-refractivity contribution in [2.45, 2.75) is 114 Å². The zero-order chi connectivity index (χ0) is 46.9. The highest BCUT2D eigenvalue weighted by atomic mass is 32.2. The quantitative estimate of drug-likeness (QED) is 0.0343. The van der Waals surface area contributed by atoms with Gasteiger partial charge in [-0.1, -0.05) is 24.8 Å². The molecule has 358 valence electrons. The Morgan fingerprint density at radius 3 is 2.38 bits per heavy atom. The summed E-state index contributed by atoms with van der Waals surface area (Å²) in [6.45, 7) is 21.7. The first-order chi connectivity index (χ1) is 31.9. The van der Waals surface area contributed by atoms with Crippen molar-refractivity contribution in [3.8, 4) is 11.3 Å². The minimum Gasteiger partial charge on any atom is -0.391 e. The smallest absolute Gasteiger partial charge is 0.223 e. The third-order valence-corrected chi connectivity index (χ3v) is 15.2. The minimum atomic E-state index is -0.582. The van der Waals surface area contributed by atoms with E-state index in [0.29, 0.717) is 33.9 Å². The summed E-state index contributed by atoms with van der Waals surface area (Å²) in [6.07, 6.45) is 14.0. The number of imidazole rings is 1. The summed E-state index contributed by atoms with van der Waals surface area (Å²) in [7, 11) is 3.85. The highest BCUT2D eigenvalue weighted by molar-refractivity contribution is 7.94. The molecular formula is C51H73F2N11OS. The van der Waals surface area contributed by atoms with Crippen molar-refractivity contribution >= 4 is 40.4 Å². The number of piperidine rings is 3. The zero-order valence-corrected chi connectivity index (χ0v) is 40.6. The molecule has 8 rings (SSSR count). The first kappa shape index (κ1) is 49.5. The van der Waals surface area contributed by atoms with Crippen LogP contribution in [0.3, 0.4) is 0 Å². The number of hydrogen-bond acceptors (Lipinski definition) is 12. The van der Waals surface area contributed by atoms with Gasteiger partial charge in [0.1, 0.15) is 17.0 Å². The Balaban J connectivity index is 0.000000205. The van der Waals surface area contributed by atoms with Gasteiger partial charge in [0.05, 0.1) is 11.7 Å². The fraction of sp³-hybridized carbons (Fsp3) is 0.569. The van der Waals surface area contributed by atoms with E-state index in [4.69, 9.17) is 5.41 Å². The standard InChI is InChI=1S/C31H49N5OS.C20H24F2N6/c1-5-6-7-28(22(2)33-3)31(32)29-9-8-25(20-30(29)34-4)24-10-16-36(17-11-24)26-18-23(19-26)21-35-14-12-27(38-37)13-15-35;1-11(2)28-12(3)25-19-15(21)8-13(9-17(19)28)18-16(22)10-24-20(27-18)26-14-4-6-23-7-5-14/h5,8-9,20,23-24,26-28,32-34,37H,1-2,6-7,10-19,21H2,3-4H3;8-11,14,23H,4-7H2,1-3H3,(H,24,26,27). The molecule has 15 heteroatoms. The lowest BCUT2D eigenvalue weighted by Crippen LogP contribution is -2.51. The van der Waals surface area contributed by atoms with E-state index in [0.717, 1.165) is 118 Å². The number of benzene rings is 2. The van der Waals surface area contributed by atoms with Crippen LogP contribution in [0.4, 0.5) is 20.4 Å². The third kappa shape index (κ3) is 11.8. The molecule has 2 aromatic heterocycles.